The maximum absolute atomic E-state index is 13.1. The lowest BCUT2D eigenvalue weighted by Crippen LogP contribution is -2.48. The number of aryl methyl sites for hydroxylation is 1. The van der Waals surface area contributed by atoms with E-state index in [1.165, 1.54) is 16.9 Å². The first-order valence-electron chi connectivity index (χ1n) is 7.57. The molecule has 0 spiro atoms. The van der Waals surface area contributed by atoms with Gasteiger partial charge in [-0.15, -0.1) is 6.58 Å². The number of benzene rings is 1. The molecule has 2 heterocycles. The number of quaternary nitrogens is 1. The SMILES string of the molecule is C=CCN1CC(O)[N+]([O-])(c2nc3cc(CCC)ccc3s2)C1. The molecule has 0 saturated carbocycles. The van der Waals surface area contributed by atoms with Crippen molar-refractivity contribution in [2.24, 2.45) is 0 Å². The van der Waals surface area contributed by atoms with Gasteiger partial charge in [-0.1, -0.05) is 36.8 Å². The minimum atomic E-state index is -0.990. The van der Waals surface area contributed by atoms with Crippen molar-refractivity contribution in [3.05, 3.63) is 41.6 Å². The second-order valence-electron chi connectivity index (χ2n) is 5.79. The summed E-state index contributed by atoms with van der Waals surface area (Å²) in [6.07, 6.45) is 2.85. The van der Waals surface area contributed by atoms with E-state index in [9.17, 15) is 10.3 Å². The van der Waals surface area contributed by atoms with Gasteiger partial charge in [0.1, 0.15) is 6.67 Å². The molecule has 3 rings (SSSR count). The van der Waals surface area contributed by atoms with E-state index < -0.39 is 10.9 Å². The maximum Gasteiger partial charge on any atom is 0.290 e. The Morgan fingerprint density at radius 1 is 1.59 bits per heavy atom. The first-order chi connectivity index (χ1) is 10.6. The van der Waals surface area contributed by atoms with Crippen molar-refractivity contribution in [2.75, 3.05) is 19.8 Å². The van der Waals surface area contributed by atoms with Gasteiger partial charge in [0.25, 0.3) is 5.13 Å². The minimum Gasteiger partial charge on any atom is -0.623 e. The Morgan fingerprint density at radius 2 is 2.41 bits per heavy atom. The topological polar surface area (TPSA) is 59.4 Å². The van der Waals surface area contributed by atoms with Gasteiger partial charge >= 0.3 is 0 Å². The van der Waals surface area contributed by atoms with Crippen molar-refractivity contribution in [3.8, 4) is 0 Å². The van der Waals surface area contributed by atoms with E-state index in [4.69, 9.17) is 0 Å². The van der Waals surface area contributed by atoms with Crippen molar-refractivity contribution >= 4 is 26.7 Å². The number of hydrogen-bond donors (Lipinski definition) is 1. The summed E-state index contributed by atoms with van der Waals surface area (Å²) in [6, 6.07) is 6.17. The maximum atomic E-state index is 13.1. The van der Waals surface area contributed by atoms with Crippen LogP contribution in [-0.2, 0) is 6.42 Å². The largest absolute Gasteiger partial charge is 0.623 e. The van der Waals surface area contributed by atoms with Gasteiger partial charge in [-0.3, -0.25) is 4.65 Å². The van der Waals surface area contributed by atoms with Crippen molar-refractivity contribution < 1.29 is 5.11 Å². The van der Waals surface area contributed by atoms with Crippen LogP contribution in [0.25, 0.3) is 10.2 Å². The number of fused-ring (bicyclic) bond motifs is 1. The van der Waals surface area contributed by atoms with Gasteiger partial charge in [-0.05, 0) is 24.1 Å². The molecule has 1 aromatic heterocycles. The minimum absolute atomic E-state index is 0.217. The molecule has 1 saturated heterocycles. The lowest BCUT2D eigenvalue weighted by atomic mass is 10.1. The molecule has 22 heavy (non-hydrogen) atoms. The van der Waals surface area contributed by atoms with Gasteiger partial charge in [0.05, 0.1) is 16.8 Å². The zero-order valence-electron chi connectivity index (χ0n) is 12.7. The zero-order valence-corrected chi connectivity index (χ0v) is 13.6. The fourth-order valence-corrected chi connectivity index (χ4v) is 3.90. The Hall–Kier alpha value is -1.31. The van der Waals surface area contributed by atoms with E-state index >= 15 is 0 Å². The van der Waals surface area contributed by atoms with E-state index in [1.807, 2.05) is 11.0 Å². The smallest absolute Gasteiger partial charge is 0.290 e. The molecule has 6 heteroatoms. The summed E-state index contributed by atoms with van der Waals surface area (Å²) < 4.78 is 0.216. The summed E-state index contributed by atoms with van der Waals surface area (Å²) >= 11 is 1.38. The third-order valence-corrected chi connectivity index (χ3v) is 5.15. The number of hydroxylamine groups is 2. The summed E-state index contributed by atoms with van der Waals surface area (Å²) in [5, 5.41) is 23.7. The number of hydrogen-bond acceptors (Lipinski definition) is 5. The monoisotopic (exact) mass is 319 g/mol. The van der Waals surface area contributed by atoms with Gasteiger partial charge in [-0.25, -0.2) is 4.90 Å². The highest BCUT2D eigenvalue weighted by atomic mass is 32.1. The van der Waals surface area contributed by atoms with Crippen LogP contribution in [0, 0.1) is 5.21 Å². The Labute approximate surface area is 134 Å². The molecule has 0 bridgehead atoms. The molecular formula is C16H21N3O2S. The van der Waals surface area contributed by atoms with Gasteiger partial charge in [-0.2, -0.15) is 4.98 Å². The van der Waals surface area contributed by atoms with Crippen LogP contribution < -0.4 is 4.65 Å². The number of rotatable bonds is 5. The number of nitrogens with zero attached hydrogens (tertiary/aromatic N) is 3. The predicted octanol–water partition coefficient (Wildman–Crippen LogP) is 2.83. The molecule has 5 nitrogen and oxygen atoms in total. The van der Waals surface area contributed by atoms with Gasteiger partial charge in [0.2, 0.25) is 6.23 Å². The number of thiazole rings is 1. The van der Waals surface area contributed by atoms with Gasteiger partial charge in [0.15, 0.2) is 0 Å². The molecule has 2 aromatic rings. The van der Waals surface area contributed by atoms with E-state index in [-0.39, 0.29) is 6.67 Å². The van der Waals surface area contributed by atoms with Crippen LogP contribution in [0.5, 0.6) is 0 Å². The molecule has 1 aliphatic rings. The predicted molar refractivity (Wildman–Crippen MR) is 91.4 cm³/mol. The quantitative estimate of drug-likeness (QED) is 0.523. The van der Waals surface area contributed by atoms with E-state index in [0.717, 1.165) is 23.1 Å². The van der Waals surface area contributed by atoms with E-state index in [1.54, 1.807) is 6.08 Å². The normalized spacial score (nSPS) is 25.9. The molecular weight excluding hydrogens is 298 g/mol. The van der Waals surface area contributed by atoms with Gasteiger partial charge in [0, 0.05) is 6.54 Å². The highest BCUT2D eigenvalue weighted by molar-refractivity contribution is 7.22. The highest BCUT2D eigenvalue weighted by Gasteiger charge is 2.42. The second-order valence-corrected chi connectivity index (χ2v) is 6.80. The molecule has 1 N–H and O–H groups in total. The molecule has 118 valence electrons. The summed E-state index contributed by atoms with van der Waals surface area (Å²) in [5.74, 6) is 0. The molecule has 0 amide bonds. The molecule has 1 aliphatic heterocycles. The standard InChI is InChI=1S/C16H21N3O2S/c1-3-5-12-6-7-14-13(9-12)17-16(22-14)19(21)11-18(8-4-2)10-15(19)20/h4,6-7,9,15,20H,2-3,5,8,10-11H2,1H3. The number of β-amino-alcohol motifs (C(OH)–C–C–N with tert-alkyl or cyclic N) is 1. The summed E-state index contributed by atoms with van der Waals surface area (Å²) in [4.78, 5) is 6.42. The molecule has 1 fully saturated rings. The van der Waals surface area contributed by atoms with Crippen molar-refractivity contribution in [2.45, 2.75) is 26.0 Å². The lowest BCUT2D eigenvalue weighted by Gasteiger charge is -2.37. The van der Waals surface area contributed by atoms with Crippen LogP contribution in [0.15, 0.2) is 30.9 Å². The summed E-state index contributed by atoms with van der Waals surface area (Å²) in [6.45, 7) is 7.00. The summed E-state index contributed by atoms with van der Waals surface area (Å²) in [5.41, 5.74) is 2.09. The van der Waals surface area contributed by atoms with Crippen molar-refractivity contribution in [3.63, 3.8) is 0 Å². The van der Waals surface area contributed by atoms with E-state index in [0.29, 0.717) is 18.2 Å². The van der Waals surface area contributed by atoms with Gasteiger partial charge < -0.3 is 10.3 Å². The molecule has 2 atom stereocenters. The first-order valence-corrected chi connectivity index (χ1v) is 8.38. The Balaban J connectivity index is 1.93. The Morgan fingerprint density at radius 3 is 3.14 bits per heavy atom. The number of aliphatic hydroxyl groups is 1. The number of aromatic nitrogens is 1. The van der Waals surface area contributed by atoms with Crippen molar-refractivity contribution in [1.29, 1.82) is 0 Å². The fraction of sp³-hybridized carbons (Fsp3) is 0.438. The molecule has 1 aromatic carbocycles. The van der Waals surface area contributed by atoms with Crippen molar-refractivity contribution in [1.82, 2.24) is 14.5 Å². The Bertz CT molecular complexity index is 687. The van der Waals surface area contributed by atoms with Crippen LogP contribution in [0.2, 0.25) is 0 Å². The second kappa shape index (κ2) is 6.06. The number of aliphatic hydroxyl groups excluding tert-OH is 1. The zero-order chi connectivity index (χ0) is 15.7. The van der Waals surface area contributed by atoms with Crippen LogP contribution in [0.1, 0.15) is 18.9 Å². The average molecular weight is 319 g/mol. The first kappa shape index (κ1) is 15.6. The fourth-order valence-electron chi connectivity index (χ4n) is 2.88. The molecule has 0 aliphatic carbocycles. The highest BCUT2D eigenvalue weighted by Crippen LogP contribution is 2.37. The third kappa shape index (κ3) is 2.68. The Kier molecular flexibility index (Phi) is 4.29. The van der Waals surface area contributed by atoms with Crippen LogP contribution in [-0.4, -0.2) is 41.0 Å². The lowest BCUT2D eigenvalue weighted by molar-refractivity contribution is 0.0848. The van der Waals surface area contributed by atoms with E-state index in [2.05, 4.69) is 30.6 Å². The summed E-state index contributed by atoms with van der Waals surface area (Å²) in [7, 11) is 0. The molecule has 0 radical (unpaired) electrons. The van der Waals surface area contributed by atoms with Crippen LogP contribution in [0.4, 0.5) is 5.13 Å². The molecule has 2 unspecified atom stereocenters. The van der Waals surface area contributed by atoms with Crippen LogP contribution in [0.3, 0.4) is 0 Å². The van der Waals surface area contributed by atoms with Crippen LogP contribution >= 0.6 is 11.3 Å². The third-order valence-electron chi connectivity index (χ3n) is 4.00. The average Bonchev–Trinajstić information content (AvgIpc) is 3.02.